The number of carbonyl (C=O) groups is 1. The molecule has 1 amide bonds. The molecule has 2 fully saturated rings. The number of anilines is 2. The van der Waals surface area contributed by atoms with Gasteiger partial charge in [0, 0.05) is 77.9 Å². The first kappa shape index (κ1) is 37.0. The van der Waals surface area contributed by atoms with Gasteiger partial charge in [0.25, 0.3) is 15.9 Å². The average Bonchev–Trinajstić information content (AvgIpc) is 3.51. The molecule has 8 nitrogen and oxygen atoms in total. The van der Waals surface area contributed by atoms with Crippen molar-refractivity contribution in [3.8, 4) is 11.1 Å². The van der Waals surface area contributed by atoms with Gasteiger partial charge in [-0.3, -0.25) is 9.69 Å². The van der Waals surface area contributed by atoms with Gasteiger partial charge in [-0.25, -0.2) is 13.1 Å². The van der Waals surface area contributed by atoms with Gasteiger partial charge in [0.2, 0.25) is 0 Å². The van der Waals surface area contributed by atoms with E-state index >= 15 is 0 Å². The second-order valence-corrected chi connectivity index (χ2v) is 17.3. The number of piperazine rings is 1. The minimum atomic E-state index is -4.08. The van der Waals surface area contributed by atoms with Crippen molar-refractivity contribution in [1.82, 2.24) is 14.5 Å². The molecule has 0 aliphatic carbocycles. The number of halogens is 1. The molecule has 7 rings (SSSR count). The molecule has 0 bridgehead atoms. The molecule has 5 aromatic rings. The van der Waals surface area contributed by atoms with Crippen molar-refractivity contribution in [2.75, 3.05) is 56.5 Å². The molecule has 2 aliphatic heterocycles. The Morgan fingerprint density at radius 1 is 0.830 bits per heavy atom. The second kappa shape index (κ2) is 16.4. The zero-order valence-corrected chi connectivity index (χ0v) is 32.3. The van der Waals surface area contributed by atoms with Crippen molar-refractivity contribution < 1.29 is 13.2 Å². The Bertz CT molecular complexity index is 2140. The van der Waals surface area contributed by atoms with Gasteiger partial charge < -0.3 is 15.1 Å². The van der Waals surface area contributed by atoms with Crippen LogP contribution >= 0.6 is 23.4 Å². The quantitative estimate of drug-likeness (QED) is 0.142. The van der Waals surface area contributed by atoms with E-state index in [9.17, 15) is 13.2 Å². The fourth-order valence-corrected chi connectivity index (χ4v) is 9.59. The van der Waals surface area contributed by atoms with Gasteiger partial charge in [-0.1, -0.05) is 66.2 Å². The number of sulfonamides is 1. The van der Waals surface area contributed by atoms with Gasteiger partial charge in [-0.2, -0.15) is 0 Å². The molecule has 53 heavy (non-hydrogen) atoms. The summed E-state index contributed by atoms with van der Waals surface area (Å²) in [6, 6.07) is 39.2. The summed E-state index contributed by atoms with van der Waals surface area (Å²) in [7, 11) is -1.96. The number of thioether (sulfide) groups is 1. The number of aryl methyl sites for hydroxylation is 1. The number of benzene rings is 5. The number of hydrogen-bond acceptors (Lipinski definition) is 8. The SMILES string of the molecule is Cc1cc(S(=O)(=O)NC(=O)c2ccc(N3CCN(Cc4ccccc4-c4ccc(Cl)cc4)CC3)cc2)ccc1NC1CN(C)CC1Sc1ccccc1. The van der Waals surface area contributed by atoms with E-state index in [1.165, 1.54) is 16.0 Å². The zero-order valence-electron chi connectivity index (χ0n) is 29.9. The number of nitrogens with one attached hydrogen (secondary N) is 2. The first-order chi connectivity index (χ1) is 25.6. The highest BCUT2D eigenvalue weighted by molar-refractivity contribution is 8.00. The maximum absolute atomic E-state index is 13.3. The molecule has 2 N–H and O–H groups in total. The molecular weight excluding hydrogens is 722 g/mol. The van der Waals surface area contributed by atoms with Crippen LogP contribution in [0.3, 0.4) is 0 Å². The fraction of sp³-hybridized carbons (Fsp3) is 0.262. The van der Waals surface area contributed by atoms with E-state index in [0.29, 0.717) is 5.25 Å². The molecule has 0 aromatic heterocycles. The number of likely N-dealkylation sites (tertiary alicyclic amines) is 1. The molecular formula is C42H44ClN5O3S2. The third-order valence-corrected chi connectivity index (χ3v) is 12.9. The normalized spacial score (nSPS) is 18.2. The van der Waals surface area contributed by atoms with Crippen molar-refractivity contribution in [2.45, 2.75) is 34.6 Å². The van der Waals surface area contributed by atoms with Gasteiger partial charge in [0.05, 0.1) is 10.9 Å². The summed E-state index contributed by atoms with van der Waals surface area (Å²) in [5.41, 5.74) is 6.62. The lowest BCUT2D eigenvalue weighted by Gasteiger charge is -2.36. The number of carbonyl (C=O) groups excluding carboxylic acids is 1. The third-order valence-electron chi connectivity index (χ3n) is 9.99. The highest BCUT2D eigenvalue weighted by Gasteiger charge is 2.32. The maximum atomic E-state index is 13.3. The molecule has 274 valence electrons. The van der Waals surface area contributed by atoms with Gasteiger partial charge in [0.1, 0.15) is 0 Å². The van der Waals surface area contributed by atoms with E-state index < -0.39 is 15.9 Å². The third kappa shape index (κ3) is 9.08. The van der Waals surface area contributed by atoms with Crippen LogP contribution in [0.15, 0.2) is 131 Å². The molecule has 2 unspecified atom stereocenters. The van der Waals surface area contributed by atoms with Gasteiger partial charge in [-0.15, -0.1) is 11.8 Å². The average molecular weight is 766 g/mol. The number of rotatable bonds is 11. The minimum absolute atomic E-state index is 0.0536. The van der Waals surface area contributed by atoms with Crippen LogP contribution in [-0.2, 0) is 16.6 Å². The van der Waals surface area contributed by atoms with Crippen LogP contribution in [-0.4, -0.2) is 81.7 Å². The standard InChI is InChI=1S/C42H44ClN5O3S2/c1-30-26-37(20-21-39(30)44-40-28-46(2)29-41(40)52-36-9-4-3-5-10-36)53(50,51)45-42(49)32-14-18-35(19-15-32)48-24-22-47(23-25-48)27-33-8-6-7-11-38(33)31-12-16-34(43)17-13-31/h3-21,26,40-41,44H,22-25,27-29H2,1-2H3,(H,45,49). The lowest BCUT2D eigenvalue weighted by atomic mass is 9.99. The van der Waals surface area contributed by atoms with Crippen LogP contribution in [0.25, 0.3) is 11.1 Å². The predicted octanol–water partition coefficient (Wildman–Crippen LogP) is 7.64. The fourth-order valence-electron chi connectivity index (χ4n) is 7.10. The Morgan fingerprint density at radius 2 is 1.53 bits per heavy atom. The number of likely N-dealkylation sites (N-methyl/N-ethyl adjacent to an activating group) is 1. The monoisotopic (exact) mass is 765 g/mol. The topological polar surface area (TPSA) is 85.0 Å². The molecule has 2 heterocycles. The molecule has 11 heteroatoms. The van der Waals surface area contributed by atoms with Crippen LogP contribution in [0, 0.1) is 6.92 Å². The largest absolute Gasteiger partial charge is 0.380 e. The van der Waals surface area contributed by atoms with Crippen LogP contribution in [0.1, 0.15) is 21.5 Å². The summed E-state index contributed by atoms with van der Waals surface area (Å²) in [5.74, 6) is -0.657. The van der Waals surface area contributed by atoms with Crippen molar-refractivity contribution in [3.05, 3.63) is 143 Å². The van der Waals surface area contributed by atoms with E-state index in [0.717, 1.165) is 73.3 Å². The first-order valence-electron chi connectivity index (χ1n) is 17.9. The predicted molar refractivity (Wildman–Crippen MR) is 218 cm³/mol. The highest BCUT2D eigenvalue weighted by Crippen LogP contribution is 2.32. The number of nitrogens with zero attached hydrogens (tertiary/aromatic N) is 3. The summed E-state index contributed by atoms with van der Waals surface area (Å²) in [6.45, 7) is 8.06. The first-order valence-corrected chi connectivity index (χ1v) is 20.6. The van der Waals surface area contributed by atoms with Gasteiger partial charge >= 0.3 is 0 Å². The molecule has 0 saturated carbocycles. The van der Waals surface area contributed by atoms with Gasteiger partial charge in [0.15, 0.2) is 0 Å². The Kier molecular flexibility index (Phi) is 11.4. The van der Waals surface area contributed by atoms with Crippen LogP contribution in [0.4, 0.5) is 11.4 Å². The Balaban J connectivity index is 0.929. The van der Waals surface area contributed by atoms with Crippen molar-refractivity contribution in [1.29, 1.82) is 0 Å². The summed E-state index contributed by atoms with van der Waals surface area (Å²) < 4.78 is 28.9. The van der Waals surface area contributed by atoms with E-state index in [4.69, 9.17) is 11.6 Å². The van der Waals surface area contributed by atoms with E-state index in [-0.39, 0.29) is 16.5 Å². The molecule has 5 aromatic carbocycles. The zero-order chi connectivity index (χ0) is 37.0. The maximum Gasteiger partial charge on any atom is 0.264 e. The summed E-state index contributed by atoms with van der Waals surface area (Å²) in [4.78, 5) is 21.5. The highest BCUT2D eigenvalue weighted by atomic mass is 35.5. The summed E-state index contributed by atoms with van der Waals surface area (Å²) >= 11 is 7.98. The molecule has 2 saturated heterocycles. The van der Waals surface area contributed by atoms with E-state index in [2.05, 4.69) is 92.4 Å². The van der Waals surface area contributed by atoms with E-state index in [1.54, 1.807) is 30.3 Å². The van der Waals surface area contributed by atoms with E-state index in [1.807, 2.05) is 49.0 Å². The lowest BCUT2D eigenvalue weighted by Crippen LogP contribution is -2.46. The second-order valence-electron chi connectivity index (χ2n) is 13.8. The van der Waals surface area contributed by atoms with Gasteiger partial charge in [-0.05, 0) is 103 Å². The van der Waals surface area contributed by atoms with Crippen molar-refractivity contribution in [2.24, 2.45) is 0 Å². The number of hydrogen-bond donors (Lipinski definition) is 2. The summed E-state index contributed by atoms with van der Waals surface area (Å²) in [5, 5.41) is 4.73. The van der Waals surface area contributed by atoms with Crippen molar-refractivity contribution in [3.63, 3.8) is 0 Å². The number of amides is 1. The lowest BCUT2D eigenvalue weighted by molar-refractivity contribution is 0.0981. The van der Waals surface area contributed by atoms with Crippen molar-refractivity contribution >= 4 is 50.7 Å². The molecule has 2 atom stereocenters. The Labute approximate surface area is 322 Å². The molecule has 0 spiro atoms. The summed E-state index contributed by atoms with van der Waals surface area (Å²) in [6.07, 6.45) is 0. The molecule has 0 radical (unpaired) electrons. The minimum Gasteiger partial charge on any atom is -0.380 e. The van der Waals surface area contributed by atoms with Crippen LogP contribution < -0.4 is 14.9 Å². The van der Waals surface area contributed by atoms with Crippen LogP contribution in [0.2, 0.25) is 5.02 Å². The Morgan fingerprint density at radius 3 is 2.25 bits per heavy atom. The molecule has 2 aliphatic rings. The smallest absolute Gasteiger partial charge is 0.264 e. The Hall–Kier alpha value is -4.32. The van der Waals surface area contributed by atoms with Crippen LogP contribution in [0.5, 0.6) is 0 Å².